The first-order valence-electron chi connectivity index (χ1n) is 8.08. The van der Waals surface area contributed by atoms with E-state index in [1.807, 2.05) is 0 Å². The van der Waals surface area contributed by atoms with Crippen molar-refractivity contribution in [2.45, 2.75) is 25.3 Å². The van der Waals surface area contributed by atoms with E-state index in [1.54, 1.807) is 0 Å². The van der Waals surface area contributed by atoms with E-state index in [-0.39, 0.29) is 6.04 Å². The second-order valence-corrected chi connectivity index (χ2v) is 7.16. The molecule has 0 saturated heterocycles. The van der Waals surface area contributed by atoms with E-state index in [2.05, 4.69) is 42.5 Å². The second-order valence-electron chi connectivity index (χ2n) is 7.16. The van der Waals surface area contributed by atoms with Crippen LogP contribution in [0.4, 0.5) is 0 Å². The summed E-state index contributed by atoms with van der Waals surface area (Å²) in [5.41, 5.74) is 8.09. The number of rotatable bonds is 2. The third kappa shape index (κ3) is 1.37. The van der Waals surface area contributed by atoms with E-state index < -0.39 is 0 Å². The first-order valence-corrected chi connectivity index (χ1v) is 8.08. The topological polar surface area (TPSA) is 26.0 Å². The van der Waals surface area contributed by atoms with Crippen molar-refractivity contribution >= 4 is 10.8 Å². The minimum absolute atomic E-state index is 0.250. The Hall–Kier alpha value is -1.34. The third-order valence-corrected chi connectivity index (χ3v) is 6.39. The molecule has 0 heterocycles. The summed E-state index contributed by atoms with van der Waals surface area (Å²) < 4.78 is 0. The quantitative estimate of drug-likeness (QED) is 0.866. The smallest absolute Gasteiger partial charge is 0.0335 e. The zero-order valence-corrected chi connectivity index (χ0v) is 11.7. The van der Waals surface area contributed by atoms with E-state index in [1.165, 1.54) is 35.6 Å². The van der Waals surface area contributed by atoms with Gasteiger partial charge in [0.15, 0.2) is 0 Å². The van der Waals surface area contributed by atoms with E-state index in [4.69, 9.17) is 5.73 Å². The van der Waals surface area contributed by atoms with Crippen LogP contribution >= 0.6 is 0 Å². The monoisotopic (exact) mass is 263 g/mol. The molecular weight excluding hydrogens is 242 g/mol. The highest BCUT2D eigenvalue weighted by molar-refractivity contribution is 5.86. The Balaban J connectivity index is 1.53. The van der Waals surface area contributed by atoms with Crippen molar-refractivity contribution in [1.82, 2.24) is 0 Å². The van der Waals surface area contributed by atoms with E-state index in [0.29, 0.717) is 0 Å². The molecule has 3 saturated carbocycles. The number of hydrogen-bond donors (Lipinski definition) is 1. The van der Waals surface area contributed by atoms with Gasteiger partial charge in [-0.2, -0.15) is 0 Å². The van der Waals surface area contributed by atoms with Crippen LogP contribution in [-0.2, 0) is 0 Å². The minimum Gasteiger partial charge on any atom is -0.324 e. The maximum Gasteiger partial charge on any atom is 0.0335 e. The molecule has 0 amide bonds. The van der Waals surface area contributed by atoms with Crippen molar-refractivity contribution in [3.63, 3.8) is 0 Å². The molecule has 5 unspecified atom stereocenters. The number of fused-ring (bicyclic) bond motifs is 6. The van der Waals surface area contributed by atoms with Gasteiger partial charge < -0.3 is 5.73 Å². The Labute approximate surface area is 120 Å². The van der Waals surface area contributed by atoms with Gasteiger partial charge in [-0.05, 0) is 65.2 Å². The van der Waals surface area contributed by atoms with Gasteiger partial charge in [-0.15, -0.1) is 0 Å². The molecule has 0 radical (unpaired) electrons. The number of benzene rings is 2. The first kappa shape index (κ1) is 11.3. The highest BCUT2D eigenvalue weighted by atomic mass is 14.8. The lowest BCUT2D eigenvalue weighted by molar-refractivity contribution is 0.419. The fourth-order valence-electron chi connectivity index (χ4n) is 5.62. The van der Waals surface area contributed by atoms with Gasteiger partial charge in [0, 0.05) is 6.04 Å². The highest BCUT2D eigenvalue weighted by Crippen LogP contribution is 2.71. The van der Waals surface area contributed by atoms with Gasteiger partial charge in [0.25, 0.3) is 0 Å². The molecule has 5 rings (SSSR count). The second kappa shape index (κ2) is 3.85. The predicted octanol–water partition coefficient (Wildman–Crippen LogP) is 4.13. The summed E-state index contributed by atoms with van der Waals surface area (Å²) in [5.74, 6) is 4.71. The molecule has 2 N–H and O–H groups in total. The zero-order chi connectivity index (χ0) is 13.3. The van der Waals surface area contributed by atoms with Crippen LogP contribution in [0.5, 0.6) is 0 Å². The summed E-state index contributed by atoms with van der Waals surface area (Å²) in [6.45, 7) is 0. The van der Waals surface area contributed by atoms with Crippen LogP contribution in [0.2, 0.25) is 0 Å². The van der Waals surface area contributed by atoms with Crippen molar-refractivity contribution in [3.05, 3.63) is 48.0 Å². The first-order chi connectivity index (χ1) is 9.84. The minimum atomic E-state index is 0.250. The van der Waals surface area contributed by atoms with Crippen LogP contribution < -0.4 is 5.73 Å². The molecule has 1 heteroatoms. The fraction of sp³-hybridized carbons (Fsp3) is 0.474. The van der Waals surface area contributed by atoms with Gasteiger partial charge in [0.05, 0.1) is 0 Å². The molecule has 0 spiro atoms. The van der Waals surface area contributed by atoms with Crippen LogP contribution in [0, 0.1) is 29.6 Å². The van der Waals surface area contributed by atoms with Crippen molar-refractivity contribution in [2.75, 3.05) is 0 Å². The molecule has 1 nitrogen and oxygen atoms in total. The predicted molar refractivity (Wildman–Crippen MR) is 82.2 cm³/mol. The SMILES string of the molecule is NC(c1cccc2ccccc12)C1C2C3CCC(C3)C21. The highest BCUT2D eigenvalue weighted by Gasteiger charge is 2.66. The lowest BCUT2D eigenvalue weighted by Crippen LogP contribution is -2.17. The molecule has 20 heavy (non-hydrogen) atoms. The number of hydrogen-bond acceptors (Lipinski definition) is 1. The molecule has 102 valence electrons. The largest absolute Gasteiger partial charge is 0.324 e. The van der Waals surface area contributed by atoms with Gasteiger partial charge >= 0.3 is 0 Å². The third-order valence-electron chi connectivity index (χ3n) is 6.39. The average molecular weight is 263 g/mol. The van der Waals surface area contributed by atoms with E-state index >= 15 is 0 Å². The Morgan fingerprint density at radius 1 is 0.900 bits per heavy atom. The van der Waals surface area contributed by atoms with Crippen molar-refractivity contribution in [3.8, 4) is 0 Å². The summed E-state index contributed by atoms with van der Waals surface area (Å²) in [4.78, 5) is 0. The molecular formula is C19H21N. The van der Waals surface area contributed by atoms with Crippen molar-refractivity contribution in [1.29, 1.82) is 0 Å². The molecule has 3 fully saturated rings. The molecule has 2 aromatic rings. The van der Waals surface area contributed by atoms with Gasteiger partial charge in [-0.3, -0.25) is 0 Å². The fourth-order valence-corrected chi connectivity index (χ4v) is 5.62. The summed E-state index contributed by atoms with van der Waals surface area (Å²) in [6, 6.07) is 15.6. The Kier molecular flexibility index (Phi) is 2.18. The summed E-state index contributed by atoms with van der Waals surface area (Å²) in [7, 11) is 0. The summed E-state index contributed by atoms with van der Waals surface area (Å²) in [5, 5.41) is 2.69. The Bertz CT molecular complexity index is 655. The Morgan fingerprint density at radius 2 is 1.60 bits per heavy atom. The summed E-state index contributed by atoms with van der Waals surface area (Å²) in [6.07, 6.45) is 4.46. The molecule has 0 aliphatic heterocycles. The molecule has 3 aliphatic rings. The molecule has 3 aliphatic carbocycles. The van der Waals surface area contributed by atoms with Crippen LogP contribution in [0.15, 0.2) is 42.5 Å². The molecule has 5 atom stereocenters. The van der Waals surface area contributed by atoms with Crippen LogP contribution in [0.3, 0.4) is 0 Å². The van der Waals surface area contributed by atoms with Crippen molar-refractivity contribution < 1.29 is 0 Å². The van der Waals surface area contributed by atoms with Gasteiger partial charge in [0.1, 0.15) is 0 Å². The Morgan fingerprint density at radius 3 is 2.40 bits per heavy atom. The number of nitrogens with two attached hydrogens (primary N) is 1. The van der Waals surface area contributed by atoms with E-state index in [9.17, 15) is 0 Å². The molecule has 0 aromatic heterocycles. The van der Waals surface area contributed by atoms with E-state index in [0.717, 1.165) is 29.6 Å². The van der Waals surface area contributed by atoms with Crippen LogP contribution in [0.1, 0.15) is 30.9 Å². The zero-order valence-electron chi connectivity index (χ0n) is 11.7. The lowest BCUT2D eigenvalue weighted by atomic mass is 9.91. The molecule has 2 bridgehead atoms. The maximum absolute atomic E-state index is 6.71. The summed E-state index contributed by atoms with van der Waals surface area (Å²) >= 11 is 0. The standard InChI is InChI=1S/C19H21N/c20-19(18-16-12-8-9-13(10-12)17(16)18)15-7-3-5-11-4-1-2-6-14(11)15/h1-7,12-13,16-19H,8-10,20H2. The van der Waals surface area contributed by atoms with Gasteiger partial charge in [0.2, 0.25) is 0 Å². The van der Waals surface area contributed by atoms with Crippen LogP contribution in [0.25, 0.3) is 10.8 Å². The maximum atomic E-state index is 6.71. The average Bonchev–Trinajstić information content (AvgIpc) is 2.93. The normalized spacial score (nSPS) is 39.0. The van der Waals surface area contributed by atoms with Gasteiger partial charge in [-0.1, -0.05) is 42.5 Å². The van der Waals surface area contributed by atoms with Gasteiger partial charge in [-0.25, -0.2) is 0 Å². The van der Waals surface area contributed by atoms with Crippen molar-refractivity contribution in [2.24, 2.45) is 35.3 Å². The lowest BCUT2D eigenvalue weighted by Gasteiger charge is -2.18. The van der Waals surface area contributed by atoms with Crippen LogP contribution in [-0.4, -0.2) is 0 Å². The molecule has 2 aromatic carbocycles.